The second-order valence-corrected chi connectivity index (χ2v) is 8.02. The minimum atomic E-state index is -1.14. The molecule has 0 aromatic heterocycles. The number of amides is 1. The van der Waals surface area contributed by atoms with Crippen molar-refractivity contribution >= 4 is 11.9 Å². The number of benzene rings is 1. The van der Waals surface area contributed by atoms with Gasteiger partial charge in [-0.25, -0.2) is 0 Å². The number of carbonyl (C=O) groups is 2. The monoisotopic (exact) mass is 390 g/mol. The zero-order chi connectivity index (χ0) is 20.3. The lowest BCUT2D eigenvalue weighted by Crippen LogP contribution is -2.48. The first-order valence-corrected chi connectivity index (χ1v) is 9.93. The van der Waals surface area contributed by atoms with Gasteiger partial charge in [-0.15, -0.1) is 0 Å². The molecule has 1 amide bonds. The molecule has 1 saturated carbocycles. The molecule has 2 saturated heterocycles. The van der Waals surface area contributed by atoms with Crippen LogP contribution in [0, 0.1) is 11.8 Å². The van der Waals surface area contributed by atoms with Crippen molar-refractivity contribution in [2.24, 2.45) is 11.8 Å². The molecule has 0 radical (unpaired) electrons. The number of carbonyl (C=O) groups excluding carboxylic acids is 1. The third-order valence-corrected chi connectivity index (χ3v) is 6.11. The fraction of sp³-hybridized carbons (Fsp3) is 0.619. The summed E-state index contributed by atoms with van der Waals surface area (Å²) in [6.07, 6.45) is 3.09. The van der Waals surface area contributed by atoms with Crippen molar-refractivity contribution in [1.82, 2.24) is 10.2 Å². The Bertz CT molecular complexity index is 695. The molecule has 0 bridgehead atoms. The van der Waals surface area contributed by atoms with Gasteiger partial charge in [-0.2, -0.15) is 0 Å². The lowest BCUT2D eigenvalue weighted by molar-refractivity contribution is -0.152. The first-order valence-electron chi connectivity index (χ1n) is 9.93. The summed E-state index contributed by atoms with van der Waals surface area (Å²) in [5, 5.41) is 21.7. The average Bonchev–Trinajstić information content (AvgIpc) is 3.37. The van der Waals surface area contributed by atoms with Crippen LogP contribution in [0.5, 0.6) is 5.75 Å². The number of fused-ring (bicyclic) bond motifs is 1. The SMILES string of the molecule is CC(=O)O.COc1ccc([C@H]2[C@H]3CNC[C@H]3CN2C(=O)C2(O)CCCC2)cc1. The minimum Gasteiger partial charge on any atom is -0.497 e. The fourth-order valence-corrected chi connectivity index (χ4v) is 4.80. The molecule has 28 heavy (non-hydrogen) atoms. The zero-order valence-corrected chi connectivity index (χ0v) is 16.6. The zero-order valence-electron chi connectivity index (χ0n) is 16.6. The molecule has 2 heterocycles. The van der Waals surface area contributed by atoms with E-state index in [2.05, 4.69) is 17.4 Å². The second kappa shape index (κ2) is 8.49. The van der Waals surface area contributed by atoms with E-state index in [1.165, 1.54) is 0 Å². The molecule has 3 atom stereocenters. The van der Waals surface area contributed by atoms with Gasteiger partial charge < -0.3 is 25.2 Å². The minimum absolute atomic E-state index is 0.0491. The number of nitrogens with one attached hydrogen (secondary N) is 1. The number of methoxy groups -OCH3 is 1. The molecule has 7 heteroatoms. The number of hydrogen-bond donors (Lipinski definition) is 3. The van der Waals surface area contributed by atoms with Crippen molar-refractivity contribution in [3.63, 3.8) is 0 Å². The molecular weight excluding hydrogens is 360 g/mol. The van der Waals surface area contributed by atoms with Crippen LogP contribution in [-0.4, -0.2) is 59.3 Å². The van der Waals surface area contributed by atoms with Gasteiger partial charge in [-0.05, 0) is 49.3 Å². The number of aliphatic carboxylic acids is 1. The van der Waals surface area contributed by atoms with Gasteiger partial charge in [0.15, 0.2) is 0 Å². The van der Waals surface area contributed by atoms with Gasteiger partial charge in [0, 0.05) is 32.5 Å². The van der Waals surface area contributed by atoms with Crippen LogP contribution in [0.25, 0.3) is 0 Å². The third kappa shape index (κ3) is 4.15. The van der Waals surface area contributed by atoms with E-state index in [0.29, 0.717) is 24.7 Å². The van der Waals surface area contributed by atoms with Crippen molar-refractivity contribution in [1.29, 1.82) is 0 Å². The Morgan fingerprint density at radius 1 is 1.18 bits per heavy atom. The lowest BCUT2D eigenvalue weighted by atomic mass is 9.89. The Hall–Kier alpha value is -2.12. The molecule has 1 aliphatic carbocycles. The van der Waals surface area contributed by atoms with E-state index >= 15 is 0 Å². The fourth-order valence-electron chi connectivity index (χ4n) is 4.80. The molecule has 3 aliphatic rings. The molecule has 1 aromatic rings. The molecule has 2 aliphatic heterocycles. The Morgan fingerprint density at radius 2 is 1.79 bits per heavy atom. The summed E-state index contributed by atoms with van der Waals surface area (Å²) in [5.41, 5.74) is -0.00139. The highest BCUT2D eigenvalue weighted by atomic mass is 16.5. The molecule has 154 valence electrons. The van der Waals surface area contributed by atoms with Crippen LogP contribution < -0.4 is 10.1 Å². The normalized spacial score (nSPS) is 27.7. The average molecular weight is 390 g/mol. The van der Waals surface area contributed by atoms with Crippen LogP contribution in [0.15, 0.2) is 24.3 Å². The predicted octanol–water partition coefficient (Wildman–Crippen LogP) is 1.81. The van der Waals surface area contributed by atoms with Gasteiger partial charge in [0.2, 0.25) is 0 Å². The van der Waals surface area contributed by atoms with E-state index in [9.17, 15) is 9.90 Å². The van der Waals surface area contributed by atoms with Crippen LogP contribution in [0.2, 0.25) is 0 Å². The van der Waals surface area contributed by atoms with Crippen molar-refractivity contribution in [2.75, 3.05) is 26.7 Å². The van der Waals surface area contributed by atoms with E-state index in [0.717, 1.165) is 50.7 Å². The van der Waals surface area contributed by atoms with Gasteiger partial charge in [-0.3, -0.25) is 9.59 Å². The maximum atomic E-state index is 13.1. The Labute approximate surface area is 165 Å². The summed E-state index contributed by atoms with van der Waals surface area (Å²) in [6.45, 7) is 3.72. The molecule has 3 N–H and O–H groups in total. The summed E-state index contributed by atoms with van der Waals surface area (Å²) in [6, 6.07) is 8.08. The lowest BCUT2D eigenvalue weighted by Gasteiger charge is -2.34. The van der Waals surface area contributed by atoms with Gasteiger partial charge in [0.1, 0.15) is 11.4 Å². The first-order chi connectivity index (χ1) is 13.4. The Morgan fingerprint density at radius 3 is 2.36 bits per heavy atom. The van der Waals surface area contributed by atoms with Crippen molar-refractivity contribution < 1.29 is 24.5 Å². The number of ether oxygens (including phenoxy) is 1. The number of hydrogen-bond acceptors (Lipinski definition) is 5. The van der Waals surface area contributed by atoms with Crippen LogP contribution in [-0.2, 0) is 9.59 Å². The topological polar surface area (TPSA) is 99.1 Å². The van der Waals surface area contributed by atoms with E-state index in [1.54, 1.807) is 7.11 Å². The summed E-state index contributed by atoms with van der Waals surface area (Å²) in [7, 11) is 1.66. The van der Waals surface area contributed by atoms with Crippen LogP contribution in [0.1, 0.15) is 44.2 Å². The predicted molar refractivity (Wildman–Crippen MR) is 104 cm³/mol. The summed E-state index contributed by atoms with van der Waals surface area (Å²) >= 11 is 0. The maximum absolute atomic E-state index is 13.1. The van der Waals surface area contributed by atoms with E-state index in [4.69, 9.17) is 14.6 Å². The summed E-state index contributed by atoms with van der Waals surface area (Å²) < 4.78 is 5.26. The summed E-state index contributed by atoms with van der Waals surface area (Å²) in [5.74, 6) is 0.832. The second-order valence-electron chi connectivity index (χ2n) is 8.02. The number of rotatable bonds is 3. The highest BCUT2D eigenvalue weighted by molar-refractivity contribution is 5.86. The van der Waals surface area contributed by atoms with Gasteiger partial charge in [0.25, 0.3) is 11.9 Å². The van der Waals surface area contributed by atoms with Crippen LogP contribution >= 0.6 is 0 Å². The Balaban J connectivity index is 0.000000516. The highest BCUT2D eigenvalue weighted by Gasteiger charge is 2.51. The number of carboxylic acids is 1. The number of nitrogens with zero attached hydrogens (tertiary/aromatic N) is 1. The van der Waals surface area contributed by atoms with Gasteiger partial charge in [0.05, 0.1) is 13.2 Å². The smallest absolute Gasteiger partial charge is 0.300 e. The van der Waals surface area contributed by atoms with E-state index in [1.807, 2.05) is 17.0 Å². The number of carboxylic acid groups (broad SMARTS) is 1. The largest absolute Gasteiger partial charge is 0.497 e. The molecule has 7 nitrogen and oxygen atoms in total. The Kier molecular flexibility index (Phi) is 6.25. The first kappa shape index (κ1) is 20.6. The summed E-state index contributed by atoms with van der Waals surface area (Å²) in [4.78, 5) is 24.1. The van der Waals surface area contributed by atoms with Gasteiger partial charge >= 0.3 is 0 Å². The molecule has 4 rings (SSSR count). The van der Waals surface area contributed by atoms with Crippen molar-refractivity contribution in [2.45, 2.75) is 44.2 Å². The van der Waals surface area contributed by atoms with E-state index < -0.39 is 11.6 Å². The molecular formula is C21H30N2O5. The quantitative estimate of drug-likeness (QED) is 0.728. The van der Waals surface area contributed by atoms with Crippen molar-refractivity contribution in [3.05, 3.63) is 29.8 Å². The third-order valence-electron chi connectivity index (χ3n) is 6.11. The van der Waals surface area contributed by atoms with Crippen molar-refractivity contribution in [3.8, 4) is 5.75 Å². The number of aliphatic hydroxyl groups is 1. The van der Waals surface area contributed by atoms with Crippen LogP contribution in [0.3, 0.4) is 0 Å². The molecule has 1 aromatic carbocycles. The molecule has 0 unspecified atom stereocenters. The van der Waals surface area contributed by atoms with Gasteiger partial charge in [-0.1, -0.05) is 12.1 Å². The van der Waals surface area contributed by atoms with E-state index in [-0.39, 0.29) is 11.9 Å². The highest BCUT2D eigenvalue weighted by Crippen LogP contribution is 2.45. The maximum Gasteiger partial charge on any atom is 0.300 e. The van der Waals surface area contributed by atoms with Crippen LogP contribution in [0.4, 0.5) is 0 Å². The molecule has 0 spiro atoms. The standard InChI is InChI=1S/C19H26N2O3.C2H4O2/c1-24-15-6-4-13(5-7-15)17-16-11-20-10-14(16)12-21(17)18(22)19(23)8-2-3-9-19;1-2(3)4/h4-7,14,16-17,20,23H,2-3,8-12H2,1H3;1H3,(H,3,4)/t14-,16-,17-;/m0./s1. The molecule has 3 fully saturated rings. The number of likely N-dealkylation sites (tertiary alicyclic amines) is 1.